The zero-order chi connectivity index (χ0) is 15.7. The number of hydrogen-bond acceptors (Lipinski definition) is 5. The maximum atomic E-state index is 11.4. The fraction of sp³-hybridized carbons (Fsp3) is 0.357. The van der Waals surface area contributed by atoms with Gasteiger partial charge in [0.25, 0.3) is 5.91 Å². The van der Waals surface area contributed by atoms with Crippen LogP contribution in [0.1, 0.15) is 23.3 Å². The van der Waals surface area contributed by atoms with Crippen LogP contribution in [-0.2, 0) is 0 Å². The Morgan fingerprint density at radius 2 is 2.09 bits per heavy atom. The van der Waals surface area contributed by atoms with Crippen molar-refractivity contribution >= 4 is 23.2 Å². The predicted octanol–water partition coefficient (Wildman–Crippen LogP) is 1.83. The quantitative estimate of drug-likeness (QED) is 0.895. The number of nitrogens with zero attached hydrogens (tertiary/aromatic N) is 3. The lowest BCUT2D eigenvalue weighted by molar-refractivity contribution is 0.0996. The van der Waals surface area contributed by atoms with Crippen molar-refractivity contribution in [3.05, 3.63) is 22.8 Å². The van der Waals surface area contributed by atoms with E-state index in [1.165, 1.54) is 0 Å². The summed E-state index contributed by atoms with van der Waals surface area (Å²) in [6.07, 6.45) is 2.30. The van der Waals surface area contributed by atoms with Gasteiger partial charge in [0.05, 0.1) is 17.8 Å². The summed E-state index contributed by atoms with van der Waals surface area (Å²) in [4.78, 5) is 13.6. The number of methoxy groups -OCH3 is 1. The third-order valence-corrected chi connectivity index (χ3v) is 4.06. The van der Waals surface area contributed by atoms with Crippen molar-refractivity contribution in [2.45, 2.75) is 12.8 Å². The molecule has 3 rings (SSSR count). The number of amides is 1. The van der Waals surface area contributed by atoms with E-state index in [-0.39, 0.29) is 5.69 Å². The van der Waals surface area contributed by atoms with E-state index < -0.39 is 5.91 Å². The van der Waals surface area contributed by atoms with Crippen LogP contribution >= 0.6 is 11.6 Å². The van der Waals surface area contributed by atoms with Gasteiger partial charge in [-0.3, -0.25) is 4.79 Å². The minimum atomic E-state index is -0.664. The molecule has 2 aromatic rings. The van der Waals surface area contributed by atoms with Crippen LogP contribution < -0.4 is 15.4 Å². The van der Waals surface area contributed by atoms with Gasteiger partial charge in [0.15, 0.2) is 5.69 Å². The number of primary amides is 1. The van der Waals surface area contributed by atoms with E-state index >= 15 is 0 Å². The Balaban J connectivity index is 2.09. The van der Waals surface area contributed by atoms with E-state index in [0.717, 1.165) is 31.6 Å². The molecule has 3 N–H and O–H groups in total. The number of halogens is 1. The summed E-state index contributed by atoms with van der Waals surface area (Å²) in [5, 5.41) is 10.6. The molecule has 1 aromatic carbocycles. The fourth-order valence-corrected chi connectivity index (χ4v) is 2.93. The van der Waals surface area contributed by atoms with Crippen molar-refractivity contribution in [3.8, 4) is 17.0 Å². The van der Waals surface area contributed by atoms with Gasteiger partial charge in [0.2, 0.25) is 0 Å². The number of aromatic nitrogens is 3. The number of H-pyrrole nitrogens is 1. The number of benzene rings is 1. The number of anilines is 1. The van der Waals surface area contributed by atoms with Crippen LogP contribution in [0.5, 0.6) is 5.75 Å². The van der Waals surface area contributed by atoms with Crippen molar-refractivity contribution in [1.82, 2.24) is 15.4 Å². The van der Waals surface area contributed by atoms with Gasteiger partial charge in [-0.1, -0.05) is 11.6 Å². The zero-order valence-electron chi connectivity index (χ0n) is 12.1. The van der Waals surface area contributed by atoms with E-state index in [4.69, 9.17) is 22.1 Å². The fourth-order valence-electron chi connectivity index (χ4n) is 2.68. The third kappa shape index (κ3) is 2.48. The molecule has 116 valence electrons. The first-order valence-corrected chi connectivity index (χ1v) is 7.33. The monoisotopic (exact) mass is 321 g/mol. The predicted molar refractivity (Wildman–Crippen MR) is 83.3 cm³/mol. The van der Waals surface area contributed by atoms with Crippen molar-refractivity contribution in [3.63, 3.8) is 0 Å². The lowest BCUT2D eigenvalue weighted by Crippen LogP contribution is -2.18. The minimum absolute atomic E-state index is 0.0536. The summed E-state index contributed by atoms with van der Waals surface area (Å²) in [6, 6.07) is 3.60. The molecule has 1 fully saturated rings. The second-order valence-corrected chi connectivity index (χ2v) is 5.49. The normalized spacial score (nSPS) is 14.4. The number of carbonyl (C=O) groups is 1. The summed E-state index contributed by atoms with van der Waals surface area (Å²) in [6.45, 7) is 1.95. The average molecular weight is 322 g/mol. The molecule has 0 aliphatic carbocycles. The molecular weight excluding hydrogens is 306 g/mol. The number of aromatic amines is 1. The summed E-state index contributed by atoms with van der Waals surface area (Å²) in [7, 11) is 1.60. The van der Waals surface area contributed by atoms with Gasteiger partial charge in [-0.05, 0) is 25.0 Å². The molecule has 1 aliphatic rings. The number of nitrogens with two attached hydrogens (primary N) is 1. The minimum Gasteiger partial charge on any atom is -0.495 e. The largest absolute Gasteiger partial charge is 0.495 e. The molecule has 0 unspecified atom stereocenters. The Kier molecular flexibility index (Phi) is 3.89. The van der Waals surface area contributed by atoms with E-state index in [1.807, 2.05) is 6.07 Å². The number of hydrogen-bond donors (Lipinski definition) is 2. The van der Waals surface area contributed by atoms with Gasteiger partial charge < -0.3 is 15.4 Å². The van der Waals surface area contributed by atoms with Gasteiger partial charge in [-0.25, -0.2) is 0 Å². The van der Waals surface area contributed by atoms with Crippen molar-refractivity contribution in [2.24, 2.45) is 5.73 Å². The maximum Gasteiger partial charge on any atom is 0.271 e. The summed E-state index contributed by atoms with van der Waals surface area (Å²) >= 11 is 6.39. The lowest BCUT2D eigenvalue weighted by Gasteiger charge is -2.21. The van der Waals surface area contributed by atoms with Crippen LogP contribution in [0.15, 0.2) is 12.1 Å². The molecule has 7 nitrogen and oxygen atoms in total. The van der Waals surface area contributed by atoms with Crippen LogP contribution in [-0.4, -0.2) is 41.5 Å². The summed E-state index contributed by atoms with van der Waals surface area (Å²) in [5.74, 6) is 0.0159. The summed E-state index contributed by atoms with van der Waals surface area (Å²) < 4.78 is 5.48. The highest BCUT2D eigenvalue weighted by Crippen LogP contribution is 2.39. The Morgan fingerprint density at radius 3 is 2.73 bits per heavy atom. The first-order valence-electron chi connectivity index (χ1n) is 6.95. The van der Waals surface area contributed by atoms with Crippen LogP contribution in [0.3, 0.4) is 0 Å². The van der Waals surface area contributed by atoms with Crippen LogP contribution in [0, 0.1) is 0 Å². The second kappa shape index (κ2) is 5.84. The third-order valence-electron chi connectivity index (χ3n) is 3.75. The van der Waals surface area contributed by atoms with Gasteiger partial charge in [0.1, 0.15) is 11.4 Å². The molecule has 1 aliphatic heterocycles. The SMILES string of the molecule is COc1cc(-c2n[nH]nc2C(N)=O)c(Cl)cc1N1CCCC1. The highest BCUT2D eigenvalue weighted by atomic mass is 35.5. The van der Waals surface area contributed by atoms with Gasteiger partial charge in [-0.2, -0.15) is 15.4 Å². The van der Waals surface area contributed by atoms with Crippen molar-refractivity contribution in [2.75, 3.05) is 25.1 Å². The van der Waals surface area contributed by atoms with E-state index in [9.17, 15) is 4.79 Å². The van der Waals surface area contributed by atoms with Gasteiger partial charge in [0, 0.05) is 18.7 Å². The molecule has 0 saturated carbocycles. The Bertz CT molecular complexity index is 709. The molecule has 8 heteroatoms. The smallest absolute Gasteiger partial charge is 0.271 e. The molecule has 1 aromatic heterocycles. The zero-order valence-corrected chi connectivity index (χ0v) is 12.9. The number of ether oxygens (including phenoxy) is 1. The number of carbonyl (C=O) groups excluding carboxylic acids is 1. The standard InChI is InChI=1S/C14H16ClN5O2/c1-22-11-6-8(12-13(14(16)21)18-19-17-12)9(15)7-10(11)20-4-2-3-5-20/h6-7H,2-5H2,1H3,(H2,16,21)(H,17,18,19). The molecule has 1 amide bonds. The van der Waals surface area contributed by atoms with Crippen LogP contribution in [0.4, 0.5) is 5.69 Å². The van der Waals surface area contributed by atoms with Gasteiger partial charge >= 0.3 is 0 Å². The van der Waals surface area contributed by atoms with Crippen molar-refractivity contribution in [1.29, 1.82) is 0 Å². The first kappa shape index (κ1) is 14.6. The highest BCUT2D eigenvalue weighted by Gasteiger charge is 2.22. The molecule has 2 heterocycles. The molecule has 22 heavy (non-hydrogen) atoms. The average Bonchev–Trinajstić information content (AvgIpc) is 3.18. The summed E-state index contributed by atoms with van der Waals surface area (Å²) in [5.41, 5.74) is 7.18. The van der Waals surface area contributed by atoms with Gasteiger partial charge in [-0.15, -0.1) is 0 Å². The Hall–Kier alpha value is -2.28. The first-order chi connectivity index (χ1) is 10.6. The van der Waals surface area contributed by atoms with E-state index in [2.05, 4.69) is 20.3 Å². The van der Waals surface area contributed by atoms with Crippen LogP contribution in [0.2, 0.25) is 5.02 Å². The second-order valence-electron chi connectivity index (χ2n) is 5.08. The maximum absolute atomic E-state index is 11.4. The molecule has 1 saturated heterocycles. The molecule has 0 spiro atoms. The topological polar surface area (TPSA) is 97.1 Å². The molecular formula is C14H16ClN5O2. The Labute approximate surface area is 132 Å². The highest BCUT2D eigenvalue weighted by molar-refractivity contribution is 6.34. The molecule has 0 atom stereocenters. The van der Waals surface area contributed by atoms with E-state index in [0.29, 0.717) is 22.0 Å². The number of rotatable bonds is 4. The van der Waals surface area contributed by atoms with E-state index in [1.54, 1.807) is 13.2 Å². The van der Waals surface area contributed by atoms with Crippen molar-refractivity contribution < 1.29 is 9.53 Å². The molecule has 0 radical (unpaired) electrons. The molecule has 0 bridgehead atoms. The lowest BCUT2D eigenvalue weighted by atomic mass is 10.1. The number of nitrogens with one attached hydrogen (secondary N) is 1. The van der Waals surface area contributed by atoms with Crippen LogP contribution in [0.25, 0.3) is 11.3 Å². The Morgan fingerprint density at radius 1 is 1.36 bits per heavy atom.